The topological polar surface area (TPSA) is 69.6 Å². The summed E-state index contributed by atoms with van der Waals surface area (Å²) in [5, 5.41) is 9.85. The van der Waals surface area contributed by atoms with E-state index in [1.807, 2.05) is 6.92 Å². The van der Waals surface area contributed by atoms with Crippen LogP contribution in [0.15, 0.2) is 0 Å². The Morgan fingerprint density at radius 2 is 1.94 bits per heavy atom. The molecule has 0 rings (SSSR count). The number of nitrogens with zero attached hydrogens (tertiary/aromatic N) is 1. The summed E-state index contributed by atoms with van der Waals surface area (Å²) in [5.41, 5.74) is -0.986. The number of hydrogen-bond donors (Lipinski definition) is 2. The van der Waals surface area contributed by atoms with Crippen LogP contribution in [0.25, 0.3) is 0 Å². The molecule has 0 aliphatic rings. The first-order valence-electron chi connectivity index (χ1n) is 5.57. The van der Waals surface area contributed by atoms with Gasteiger partial charge in [0, 0.05) is 19.6 Å². The van der Waals surface area contributed by atoms with Gasteiger partial charge >= 0.3 is 0 Å². The molecule has 0 radical (unpaired) electrons. The van der Waals surface area contributed by atoms with Gasteiger partial charge in [0.25, 0.3) is 10.2 Å². The maximum absolute atomic E-state index is 11.7. The second-order valence-electron chi connectivity index (χ2n) is 4.68. The highest BCUT2D eigenvalue weighted by atomic mass is 32.2. The van der Waals surface area contributed by atoms with Gasteiger partial charge in [0.15, 0.2) is 0 Å². The van der Waals surface area contributed by atoms with Crippen LogP contribution < -0.4 is 4.72 Å². The van der Waals surface area contributed by atoms with Gasteiger partial charge in [0.2, 0.25) is 0 Å². The molecule has 98 valence electrons. The van der Waals surface area contributed by atoms with E-state index in [4.69, 9.17) is 0 Å². The Kier molecular flexibility index (Phi) is 5.89. The van der Waals surface area contributed by atoms with Crippen molar-refractivity contribution in [2.75, 3.05) is 13.6 Å². The highest BCUT2D eigenvalue weighted by molar-refractivity contribution is 7.87. The molecule has 0 spiro atoms. The Hall–Kier alpha value is -0.170. The standard InChI is InChI=1S/C10H24N2O3S/c1-6-7-10(4,13)8-11-16(14,15)12(5)9(2)3/h9,11,13H,6-8H2,1-5H3. The van der Waals surface area contributed by atoms with Gasteiger partial charge in [-0.2, -0.15) is 17.4 Å². The molecule has 0 aromatic carbocycles. The smallest absolute Gasteiger partial charge is 0.279 e. The van der Waals surface area contributed by atoms with E-state index in [-0.39, 0.29) is 12.6 Å². The Morgan fingerprint density at radius 3 is 2.31 bits per heavy atom. The third kappa shape index (κ3) is 5.25. The quantitative estimate of drug-likeness (QED) is 0.701. The van der Waals surface area contributed by atoms with Crippen LogP contribution in [0.3, 0.4) is 0 Å². The van der Waals surface area contributed by atoms with Crippen LogP contribution in [0, 0.1) is 0 Å². The fraction of sp³-hybridized carbons (Fsp3) is 1.00. The highest BCUT2D eigenvalue weighted by Crippen LogP contribution is 2.11. The van der Waals surface area contributed by atoms with Gasteiger partial charge < -0.3 is 5.11 Å². The molecule has 0 aliphatic heterocycles. The van der Waals surface area contributed by atoms with Crippen LogP contribution in [0.1, 0.15) is 40.5 Å². The van der Waals surface area contributed by atoms with Crippen molar-refractivity contribution in [2.24, 2.45) is 0 Å². The summed E-state index contributed by atoms with van der Waals surface area (Å²) in [6.07, 6.45) is 1.38. The molecule has 5 nitrogen and oxygen atoms in total. The molecule has 0 aromatic heterocycles. The Balaban J connectivity index is 4.40. The third-order valence-electron chi connectivity index (χ3n) is 2.53. The van der Waals surface area contributed by atoms with Crippen molar-refractivity contribution in [1.29, 1.82) is 0 Å². The number of nitrogens with one attached hydrogen (secondary N) is 1. The molecule has 0 aromatic rings. The molecule has 1 atom stereocenters. The molecule has 2 N–H and O–H groups in total. The molecule has 0 saturated carbocycles. The van der Waals surface area contributed by atoms with E-state index >= 15 is 0 Å². The maximum Gasteiger partial charge on any atom is 0.279 e. The first-order chi connectivity index (χ1) is 7.12. The van der Waals surface area contributed by atoms with E-state index in [0.717, 1.165) is 6.42 Å². The second kappa shape index (κ2) is 5.95. The van der Waals surface area contributed by atoms with E-state index < -0.39 is 15.8 Å². The van der Waals surface area contributed by atoms with E-state index in [2.05, 4.69) is 4.72 Å². The van der Waals surface area contributed by atoms with Crippen molar-refractivity contribution in [3.05, 3.63) is 0 Å². The van der Waals surface area contributed by atoms with Crippen molar-refractivity contribution < 1.29 is 13.5 Å². The summed E-state index contributed by atoms with van der Waals surface area (Å²) >= 11 is 0. The fourth-order valence-electron chi connectivity index (χ4n) is 1.25. The van der Waals surface area contributed by atoms with Crippen molar-refractivity contribution in [3.63, 3.8) is 0 Å². The molecular weight excluding hydrogens is 228 g/mol. The van der Waals surface area contributed by atoms with Gasteiger partial charge in [-0.25, -0.2) is 0 Å². The van der Waals surface area contributed by atoms with E-state index in [1.165, 1.54) is 11.4 Å². The number of aliphatic hydroxyl groups is 1. The molecule has 6 heteroatoms. The largest absolute Gasteiger partial charge is 0.389 e. The summed E-state index contributed by atoms with van der Waals surface area (Å²) in [7, 11) is -1.97. The first kappa shape index (κ1) is 15.8. The Morgan fingerprint density at radius 1 is 1.44 bits per heavy atom. The minimum absolute atomic E-state index is 0.0419. The van der Waals surface area contributed by atoms with Crippen LogP contribution in [0.4, 0.5) is 0 Å². The summed E-state index contributed by atoms with van der Waals surface area (Å²) in [5.74, 6) is 0. The van der Waals surface area contributed by atoms with Gasteiger partial charge in [-0.05, 0) is 27.2 Å². The Labute approximate surface area is 99.0 Å². The zero-order valence-corrected chi connectivity index (χ0v) is 11.6. The average Bonchev–Trinajstić information content (AvgIpc) is 2.14. The summed E-state index contributed by atoms with van der Waals surface area (Å²) in [6, 6.07) is -0.103. The normalized spacial score (nSPS) is 16.8. The van der Waals surface area contributed by atoms with Crippen molar-refractivity contribution in [2.45, 2.75) is 52.2 Å². The molecule has 0 aliphatic carbocycles. The van der Waals surface area contributed by atoms with Gasteiger partial charge in [0.1, 0.15) is 0 Å². The zero-order chi connectivity index (χ0) is 13.0. The van der Waals surface area contributed by atoms with Crippen LogP contribution in [0.5, 0.6) is 0 Å². The third-order valence-corrected chi connectivity index (χ3v) is 4.22. The summed E-state index contributed by atoms with van der Waals surface area (Å²) in [4.78, 5) is 0. The van der Waals surface area contributed by atoms with Crippen LogP contribution in [-0.2, 0) is 10.2 Å². The average molecular weight is 252 g/mol. The molecule has 16 heavy (non-hydrogen) atoms. The molecule has 0 saturated heterocycles. The van der Waals surface area contributed by atoms with Crippen molar-refractivity contribution in [3.8, 4) is 0 Å². The number of rotatable bonds is 7. The maximum atomic E-state index is 11.7. The lowest BCUT2D eigenvalue weighted by Gasteiger charge is -2.26. The highest BCUT2D eigenvalue weighted by Gasteiger charge is 2.25. The van der Waals surface area contributed by atoms with Gasteiger partial charge in [-0.3, -0.25) is 0 Å². The molecule has 0 amide bonds. The molecular formula is C10H24N2O3S. The van der Waals surface area contributed by atoms with Gasteiger partial charge in [-0.15, -0.1) is 0 Å². The first-order valence-corrected chi connectivity index (χ1v) is 7.01. The molecule has 0 heterocycles. The monoisotopic (exact) mass is 252 g/mol. The second-order valence-corrected chi connectivity index (χ2v) is 6.50. The predicted molar refractivity (Wildman–Crippen MR) is 65.4 cm³/mol. The molecule has 0 bridgehead atoms. The summed E-state index contributed by atoms with van der Waals surface area (Å²) in [6.45, 7) is 7.21. The van der Waals surface area contributed by atoms with Crippen LogP contribution in [-0.4, -0.2) is 43.1 Å². The van der Waals surface area contributed by atoms with Gasteiger partial charge in [0.05, 0.1) is 5.60 Å². The van der Waals surface area contributed by atoms with E-state index in [9.17, 15) is 13.5 Å². The lowest BCUT2D eigenvalue weighted by molar-refractivity contribution is 0.0550. The zero-order valence-electron chi connectivity index (χ0n) is 10.8. The lowest BCUT2D eigenvalue weighted by atomic mass is 10.0. The van der Waals surface area contributed by atoms with Gasteiger partial charge in [-0.1, -0.05) is 13.3 Å². The molecule has 1 unspecified atom stereocenters. The minimum atomic E-state index is -3.49. The fourth-order valence-corrected chi connectivity index (χ4v) is 2.51. The van der Waals surface area contributed by atoms with E-state index in [1.54, 1.807) is 20.8 Å². The SMILES string of the molecule is CCCC(C)(O)CNS(=O)(=O)N(C)C(C)C. The van der Waals surface area contributed by atoms with Crippen molar-refractivity contribution in [1.82, 2.24) is 9.03 Å². The van der Waals surface area contributed by atoms with E-state index in [0.29, 0.717) is 6.42 Å². The van der Waals surface area contributed by atoms with Crippen molar-refractivity contribution >= 4 is 10.2 Å². The Bertz CT molecular complexity index is 299. The molecule has 0 fully saturated rings. The number of hydrogen-bond acceptors (Lipinski definition) is 3. The lowest BCUT2D eigenvalue weighted by Crippen LogP contribution is -2.47. The summed E-state index contributed by atoms with van der Waals surface area (Å²) < 4.78 is 27.1. The van der Waals surface area contributed by atoms with Crippen LogP contribution in [0.2, 0.25) is 0 Å². The van der Waals surface area contributed by atoms with Crippen LogP contribution >= 0.6 is 0 Å². The predicted octanol–water partition coefficient (Wildman–Crippen LogP) is 0.712. The minimum Gasteiger partial charge on any atom is -0.389 e.